The van der Waals surface area contributed by atoms with E-state index in [1.54, 1.807) is 0 Å². The van der Waals surface area contributed by atoms with Gasteiger partial charge < -0.3 is 5.32 Å². The van der Waals surface area contributed by atoms with Crippen molar-refractivity contribution in [1.82, 2.24) is 14.9 Å². The zero-order valence-corrected chi connectivity index (χ0v) is 10.9. The van der Waals surface area contributed by atoms with Gasteiger partial charge in [0.1, 0.15) is 4.88 Å². The van der Waals surface area contributed by atoms with Crippen LogP contribution in [0, 0.1) is 0 Å². The van der Waals surface area contributed by atoms with Crippen molar-refractivity contribution in [2.24, 2.45) is 0 Å². The van der Waals surface area contributed by atoms with Crippen LogP contribution >= 0.6 is 23.1 Å². The molecule has 16 heavy (non-hydrogen) atoms. The largest absolute Gasteiger partial charge is 0.351 e. The van der Waals surface area contributed by atoms with Gasteiger partial charge in [0.25, 0.3) is 5.91 Å². The molecule has 0 saturated carbocycles. The summed E-state index contributed by atoms with van der Waals surface area (Å²) in [5, 5.41) is 6.81. The van der Waals surface area contributed by atoms with E-state index in [2.05, 4.69) is 21.8 Å². The molecule has 0 saturated heterocycles. The molecular weight excluding hydrogens is 246 g/mol. The van der Waals surface area contributed by atoms with E-state index < -0.39 is 0 Å². The Hall–Kier alpha value is -0.680. The lowest BCUT2D eigenvalue weighted by Crippen LogP contribution is -2.24. The van der Waals surface area contributed by atoms with Gasteiger partial charge in [0.05, 0.1) is 5.69 Å². The van der Waals surface area contributed by atoms with Crippen molar-refractivity contribution < 1.29 is 4.79 Å². The molecule has 0 atom stereocenters. The summed E-state index contributed by atoms with van der Waals surface area (Å²) in [6, 6.07) is 0. The third-order valence-electron chi connectivity index (χ3n) is 2.09. The minimum absolute atomic E-state index is 0.0620. The van der Waals surface area contributed by atoms with Gasteiger partial charge in [-0.2, -0.15) is 0 Å². The molecule has 0 aliphatic heterocycles. The number of hydrogen-bond acceptors (Lipinski definition) is 4. The summed E-state index contributed by atoms with van der Waals surface area (Å²) in [6.07, 6.45) is 3.61. The zero-order chi connectivity index (χ0) is 11.8. The minimum Gasteiger partial charge on any atom is -0.351 e. The molecule has 1 heterocycles. The number of carbonyl (C=O) groups is 1. The van der Waals surface area contributed by atoms with Crippen molar-refractivity contribution in [2.75, 3.05) is 12.4 Å². The van der Waals surface area contributed by atoms with Crippen LogP contribution in [0.2, 0.25) is 0 Å². The lowest BCUT2D eigenvalue weighted by Gasteiger charge is -2.03. The molecule has 1 aromatic rings. The number of amides is 1. The second-order valence-corrected chi connectivity index (χ2v) is 4.58. The number of aromatic nitrogens is 2. The molecule has 1 aromatic heterocycles. The summed E-state index contributed by atoms with van der Waals surface area (Å²) in [6.45, 7) is 2.72. The maximum atomic E-state index is 11.8. The normalized spacial score (nSPS) is 10.4. The molecule has 4 nitrogen and oxygen atoms in total. The van der Waals surface area contributed by atoms with E-state index in [9.17, 15) is 4.79 Å². The lowest BCUT2D eigenvalue weighted by molar-refractivity contribution is 0.0956. The Bertz CT molecular complexity index is 330. The minimum atomic E-state index is -0.0620. The van der Waals surface area contributed by atoms with E-state index in [0.717, 1.165) is 42.9 Å². The van der Waals surface area contributed by atoms with E-state index in [0.29, 0.717) is 17.3 Å². The molecule has 6 heteroatoms. The van der Waals surface area contributed by atoms with Crippen LogP contribution in [0.3, 0.4) is 0 Å². The van der Waals surface area contributed by atoms with Gasteiger partial charge in [-0.25, -0.2) is 0 Å². The van der Waals surface area contributed by atoms with Gasteiger partial charge >= 0.3 is 0 Å². The number of nitrogens with one attached hydrogen (secondary N) is 1. The van der Waals surface area contributed by atoms with E-state index in [4.69, 9.17) is 11.6 Å². The summed E-state index contributed by atoms with van der Waals surface area (Å²) < 4.78 is 3.82. The average molecular weight is 262 g/mol. The Labute approximate surface area is 105 Å². The van der Waals surface area contributed by atoms with Crippen molar-refractivity contribution >= 4 is 29.0 Å². The highest BCUT2D eigenvalue weighted by molar-refractivity contribution is 7.08. The number of unbranched alkanes of at least 4 members (excludes halogenated alkanes) is 1. The highest BCUT2D eigenvalue weighted by Gasteiger charge is 2.14. The Balaban J connectivity index is 2.42. The first-order valence-electron chi connectivity index (χ1n) is 5.45. The zero-order valence-electron chi connectivity index (χ0n) is 9.33. The molecule has 0 fully saturated rings. The SMILES string of the molecule is CCCc1nnsc1C(=O)NCCCCCl. The number of alkyl halides is 1. The molecule has 90 valence electrons. The molecule has 0 unspecified atom stereocenters. The Morgan fingerprint density at radius 2 is 2.31 bits per heavy atom. The van der Waals surface area contributed by atoms with Crippen LogP contribution in [0.4, 0.5) is 0 Å². The third-order valence-corrected chi connectivity index (χ3v) is 3.13. The van der Waals surface area contributed by atoms with E-state index in [-0.39, 0.29) is 5.91 Å². The Kier molecular flexibility index (Phi) is 6.33. The van der Waals surface area contributed by atoms with Crippen LogP contribution in [-0.2, 0) is 6.42 Å². The van der Waals surface area contributed by atoms with Crippen LogP contribution in [0.15, 0.2) is 0 Å². The third kappa shape index (κ3) is 4.06. The fraction of sp³-hybridized carbons (Fsp3) is 0.700. The Morgan fingerprint density at radius 1 is 1.50 bits per heavy atom. The number of rotatable bonds is 7. The van der Waals surface area contributed by atoms with Gasteiger partial charge in [-0.15, -0.1) is 16.7 Å². The second kappa shape index (κ2) is 7.57. The molecule has 0 aliphatic carbocycles. The first-order valence-corrected chi connectivity index (χ1v) is 6.75. The smallest absolute Gasteiger partial charge is 0.264 e. The van der Waals surface area contributed by atoms with Crippen molar-refractivity contribution in [2.45, 2.75) is 32.6 Å². The molecule has 0 aliphatic rings. The molecule has 0 bridgehead atoms. The number of halogens is 1. The molecule has 1 amide bonds. The summed E-state index contributed by atoms with van der Waals surface area (Å²) in [7, 11) is 0. The molecule has 1 rings (SSSR count). The van der Waals surface area contributed by atoms with Crippen molar-refractivity contribution in [3.63, 3.8) is 0 Å². The number of carbonyl (C=O) groups excluding carboxylic acids is 1. The van der Waals surface area contributed by atoms with Crippen LogP contribution in [0.1, 0.15) is 41.6 Å². The van der Waals surface area contributed by atoms with Crippen molar-refractivity contribution in [3.8, 4) is 0 Å². The van der Waals surface area contributed by atoms with Crippen LogP contribution < -0.4 is 5.32 Å². The standard InChI is InChI=1S/C10H16ClN3OS/c1-2-5-8-9(16-14-13-8)10(15)12-7-4-3-6-11/h2-7H2,1H3,(H,12,15). The van der Waals surface area contributed by atoms with Crippen LogP contribution in [0.5, 0.6) is 0 Å². The van der Waals surface area contributed by atoms with Gasteiger partial charge in [0.15, 0.2) is 0 Å². The number of aryl methyl sites for hydroxylation is 1. The van der Waals surface area contributed by atoms with Gasteiger partial charge in [-0.05, 0) is 30.8 Å². The fourth-order valence-corrected chi connectivity index (χ4v) is 2.10. The van der Waals surface area contributed by atoms with E-state index >= 15 is 0 Å². The Morgan fingerprint density at radius 3 is 3.00 bits per heavy atom. The fourth-order valence-electron chi connectivity index (χ4n) is 1.28. The molecular formula is C10H16ClN3OS. The van der Waals surface area contributed by atoms with Gasteiger partial charge in [-0.3, -0.25) is 4.79 Å². The highest BCUT2D eigenvalue weighted by atomic mass is 35.5. The summed E-state index contributed by atoms with van der Waals surface area (Å²) in [5.41, 5.74) is 0.808. The average Bonchev–Trinajstić information content (AvgIpc) is 2.73. The summed E-state index contributed by atoms with van der Waals surface area (Å²) in [4.78, 5) is 12.4. The van der Waals surface area contributed by atoms with Crippen molar-refractivity contribution in [3.05, 3.63) is 10.6 Å². The summed E-state index contributed by atoms with van der Waals surface area (Å²) >= 11 is 6.71. The molecule has 0 spiro atoms. The lowest BCUT2D eigenvalue weighted by atomic mass is 10.2. The second-order valence-electron chi connectivity index (χ2n) is 3.45. The number of nitrogens with zero attached hydrogens (tertiary/aromatic N) is 2. The number of hydrogen-bond donors (Lipinski definition) is 1. The van der Waals surface area contributed by atoms with E-state index in [1.807, 2.05) is 0 Å². The topological polar surface area (TPSA) is 54.9 Å². The van der Waals surface area contributed by atoms with E-state index in [1.165, 1.54) is 0 Å². The quantitative estimate of drug-likeness (QED) is 0.605. The van der Waals surface area contributed by atoms with Gasteiger partial charge in [-0.1, -0.05) is 17.8 Å². The first kappa shape index (κ1) is 13.4. The summed E-state index contributed by atoms with van der Waals surface area (Å²) in [5.74, 6) is 0.576. The van der Waals surface area contributed by atoms with Gasteiger partial charge in [0, 0.05) is 12.4 Å². The maximum Gasteiger partial charge on any atom is 0.264 e. The molecule has 1 N–H and O–H groups in total. The van der Waals surface area contributed by atoms with Gasteiger partial charge in [0.2, 0.25) is 0 Å². The molecule has 0 radical (unpaired) electrons. The first-order chi connectivity index (χ1) is 7.79. The van der Waals surface area contributed by atoms with Crippen LogP contribution in [0.25, 0.3) is 0 Å². The highest BCUT2D eigenvalue weighted by Crippen LogP contribution is 2.12. The van der Waals surface area contributed by atoms with Crippen LogP contribution in [-0.4, -0.2) is 27.9 Å². The predicted octanol–water partition coefficient (Wildman–Crippen LogP) is 2.24. The molecule has 0 aromatic carbocycles. The van der Waals surface area contributed by atoms with Crippen molar-refractivity contribution in [1.29, 1.82) is 0 Å². The monoisotopic (exact) mass is 261 g/mol. The maximum absolute atomic E-state index is 11.8. The predicted molar refractivity (Wildman–Crippen MR) is 66.2 cm³/mol.